The first-order chi connectivity index (χ1) is 9.38. The van der Waals surface area contributed by atoms with Crippen LogP contribution in [0, 0.1) is 11.6 Å². The lowest BCUT2D eigenvalue weighted by molar-refractivity contribution is 0.133. The molecule has 0 saturated carbocycles. The van der Waals surface area contributed by atoms with E-state index >= 15 is 0 Å². The van der Waals surface area contributed by atoms with Crippen molar-refractivity contribution in [1.82, 2.24) is 4.72 Å². The van der Waals surface area contributed by atoms with Gasteiger partial charge in [-0.25, -0.2) is 21.9 Å². The van der Waals surface area contributed by atoms with Crippen LogP contribution in [0.15, 0.2) is 21.5 Å². The van der Waals surface area contributed by atoms with Crippen molar-refractivity contribution in [2.75, 3.05) is 19.8 Å². The number of rotatable bonds is 8. The number of sulfonamides is 1. The van der Waals surface area contributed by atoms with Crippen molar-refractivity contribution in [3.63, 3.8) is 0 Å². The minimum Gasteiger partial charge on any atom is -0.381 e. The summed E-state index contributed by atoms with van der Waals surface area (Å²) < 4.78 is 57.7. The van der Waals surface area contributed by atoms with E-state index in [0.717, 1.165) is 12.5 Å². The van der Waals surface area contributed by atoms with Crippen LogP contribution < -0.4 is 4.72 Å². The second-order valence-corrected chi connectivity index (χ2v) is 6.62. The van der Waals surface area contributed by atoms with Crippen molar-refractivity contribution in [3.05, 3.63) is 28.2 Å². The zero-order chi connectivity index (χ0) is 15.2. The average molecular weight is 372 g/mol. The first kappa shape index (κ1) is 17.5. The van der Waals surface area contributed by atoms with Crippen molar-refractivity contribution in [1.29, 1.82) is 0 Å². The van der Waals surface area contributed by atoms with Gasteiger partial charge in [0.15, 0.2) is 0 Å². The van der Waals surface area contributed by atoms with Crippen LogP contribution in [-0.2, 0) is 14.8 Å². The maximum atomic E-state index is 13.6. The van der Waals surface area contributed by atoms with Crippen LogP contribution in [0.2, 0.25) is 0 Å². The Kier molecular flexibility index (Phi) is 7.01. The summed E-state index contributed by atoms with van der Waals surface area (Å²) in [5, 5.41) is 0. The standard InChI is InChI=1S/C12H16BrF2NO3S/c1-2-5-19-6-3-4-16-20(17,18)12-10(13)7-9(14)8-11(12)15/h7-8,16H,2-6H2,1H3. The van der Waals surface area contributed by atoms with Crippen molar-refractivity contribution < 1.29 is 21.9 Å². The third-order valence-electron chi connectivity index (χ3n) is 2.34. The minimum absolute atomic E-state index is 0.120. The van der Waals surface area contributed by atoms with Crippen molar-refractivity contribution in [2.24, 2.45) is 0 Å². The number of hydrogen-bond donors (Lipinski definition) is 1. The Labute approximate surface area is 125 Å². The fourth-order valence-corrected chi connectivity index (χ4v) is 3.72. The molecule has 0 aliphatic heterocycles. The van der Waals surface area contributed by atoms with Gasteiger partial charge in [0.05, 0.1) is 0 Å². The molecule has 1 aromatic carbocycles. The SMILES string of the molecule is CCCOCCCNS(=O)(=O)c1c(F)cc(F)cc1Br. The molecule has 0 aliphatic carbocycles. The summed E-state index contributed by atoms with van der Waals surface area (Å²) in [5.74, 6) is -1.98. The van der Waals surface area contributed by atoms with Gasteiger partial charge in [-0.05, 0) is 34.8 Å². The molecule has 0 atom stereocenters. The van der Waals surface area contributed by atoms with Crippen LogP contribution in [-0.4, -0.2) is 28.2 Å². The van der Waals surface area contributed by atoms with Crippen molar-refractivity contribution in [3.8, 4) is 0 Å². The summed E-state index contributed by atoms with van der Waals surface area (Å²) in [6.45, 7) is 3.13. The van der Waals surface area contributed by atoms with Crippen LogP contribution in [0.3, 0.4) is 0 Å². The Morgan fingerprint density at radius 3 is 2.60 bits per heavy atom. The van der Waals surface area contributed by atoms with E-state index in [9.17, 15) is 17.2 Å². The largest absolute Gasteiger partial charge is 0.381 e. The molecule has 0 radical (unpaired) electrons. The van der Waals surface area contributed by atoms with Gasteiger partial charge in [0, 0.05) is 30.3 Å². The predicted molar refractivity (Wildman–Crippen MR) is 75.0 cm³/mol. The number of ether oxygens (including phenoxy) is 1. The molecule has 0 fully saturated rings. The fourth-order valence-electron chi connectivity index (χ4n) is 1.49. The molecular weight excluding hydrogens is 356 g/mol. The lowest BCUT2D eigenvalue weighted by Crippen LogP contribution is -2.27. The quantitative estimate of drug-likeness (QED) is 0.714. The van der Waals surface area contributed by atoms with Crippen LogP contribution in [0.4, 0.5) is 8.78 Å². The molecule has 20 heavy (non-hydrogen) atoms. The Hall–Kier alpha value is -0.570. The number of benzene rings is 1. The molecule has 0 saturated heterocycles. The summed E-state index contributed by atoms with van der Waals surface area (Å²) in [4.78, 5) is -0.589. The summed E-state index contributed by atoms with van der Waals surface area (Å²) in [7, 11) is -4.03. The first-order valence-corrected chi connectivity index (χ1v) is 8.38. The highest BCUT2D eigenvalue weighted by molar-refractivity contribution is 9.10. The second-order valence-electron chi connectivity index (χ2n) is 4.06. The molecule has 114 valence electrons. The van der Waals surface area contributed by atoms with Crippen molar-refractivity contribution in [2.45, 2.75) is 24.7 Å². The Bertz CT molecular complexity index is 529. The van der Waals surface area contributed by atoms with E-state index in [4.69, 9.17) is 4.74 Å². The van der Waals surface area contributed by atoms with Gasteiger partial charge in [0.2, 0.25) is 10.0 Å². The van der Waals surface area contributed by atoms with E-state index in [2.05, 4.69) is 20.7 Å². The van der Waals surface area contributed by atoms with Gasteiger partial charge in [-0.15, -0.1) is 0 Å². The summed E-state index contributed by atoms with van der Waals surface area (Å²) >= 11 is 2.85. The van der Waals surface area contributed by atoms with E-state index < -0.39 is 26.6 Å². The normalized spacial score (nSPS) is 11.8. The summed E-state index contributed by atoms with van der Waals surface area (Å²) in [5.41, 5.74) is 0. The molecule has 0 spiro atoms. The van der Waals surface area contributed by atoms with E-state index in [1.54, 1.807) is 0 Å². The van der Waals surface area contributed by atoms with Gasteiger partial charge in [0.1, 0.15) is 16.5 Å². The Balaban J connectivity index is 2.66. The number of nitrogens with one attached hydrogen (secondary N) is 1. The molecule has 1 aromatic rings. The predicted octanol–water partition coefficient (Wildman–Crippen LogP) is 2.82. The zero-order valence-electron chi connectivity index (χ0n) is 11.0. The molecular formula is C12H16BrF2NO3S. The monoisotopic (exact) mass is 371 g/mol. The molecule has 4 nitrogen and oxygen atoms in total. The fraction of sp³-hybridized carbons (Fsp3) is 0.500. The topological polar surface area (TPSA) is 55.4 Å². The average Bonchev–Trinajstić information content (AvgIpc) is 2.31. The van der Waals surface area contributed by atoms with E-state index in [0.29, 0.717) is 25.7 Å². The lowest BCUT2D eigenvalue weighted by Gasteiger charge is -2.09. The summed E-state index contributed by atoms with van der Waals surface area (Å²) in [6.07, 6.45) is 1.36. The van der Waals surface area contributed by atoms with Gasteiger partial charge in [-0.1, -0.05) is 6.92 Å². The molecule has 8 heteroatoms. The lowest BCUT2D eigenvalue weighted by atomic mass is 10.3. The summed E-state index contributed by atoms with van der Waals surface area (Å²) in [6, 6.07) is 1.44. The third-order valence-corrected chi connectivity index (χ3v) is 4.76. The Morgan fingerprint density at radius 2 is 2.00 bits per heavy atom. The van der Waals surface area contributed by atoms with E-state index in [1.807, 2.05) is 6.92 Å². The smallest absolute Gasteiger partial charge is 0.244 e. The van der Waals surface area contributed by atoms with E-state index in [-0.39, 0.29) is 11.0 Å². The van der Waals surface area contributed by atoms with Crippen LogP contribution >= 0.6 is 15.9 Å². The van der Waals surface area contributed by atoms with Crippen LogP contribution in [0.25, 0.3) is 0 Å². The Morgan fingerprint density at radius 1 is 1.30 bits per heavy atom. The van der Waals surface area contributed by atoms with Gasteiger partial charge < -0.3 is 4.74 Å². The highest BCUT2D eigenvalue weighted by Crippen LogP contribution is 2.25. The van der Waals surface area contributed by atoms with Crippen molar-refractivity contribution >= 4 is 26.0 Å². The number of halogens is 3. The highest BCUT2D eigenvalue weighted by atomic mass is 79.9. The second kappa shape index (κ2) is 8.02. The molecule has 1 rings (SSSR count). The van der Waals surface area contributed by atoms with Crippen LogP contribution in [0.1, 0.15) is 19.8 Å². The molecule has 0 aromatic heterocycles. The molecule has 0 bridgehead atoms. The van der Waals surface area contributed by atoms with E-state index in [1.165, 1.54) is 0 Å². The zero-order valence-corrected chi connectivity index (χ0v) is 13.4. The van der Waals surface area contributed by atoms with Gasteiger partial charge in [-0.2, -0.15) is 0 Å². The molecule has 0 amide bonds. The highest BCUT2D eigenvalue weighted by Gasteiger charge is 2.23. The maximum absolute atomic E-state index is 13.6. The molecule has 0 unspecified atom stereocenters. The third kappa shape index (κ3) is 5.08. The molecule has 0 heterocycles. The number of hydrogen-bond acceptors (Lipinski definition) is 3. The van der Waals surface area contributed by atoms with Crippen LogP contribution in [0.5, 0.6) is 0 Å². The maximum Gasteiger partial charge on any atom is 0.244 e. The van der Waals surface area contributed by atoms with Gasteiger partial charge in [-0.3, -0.25) is 0 Å². The minimum atomic E-state index is -4.03. The molecule has 1 N–H and O–H groups in total. The van der Waals surface area contributed by atoms with Gasteiger partial charge in [0.25, 0.3) is 0 Å². The first-order valence-electron chi connectivity index (χ1n) is 6.10. The van der Waals surface area contributed by atoms with Gasteiger partial charge >= 0.3 is 0 Å². The molecule has 0 aliphatic rings.